The van der Waals surface area contributed by atoms with E-state index in [1.807, 2.05) is 45.0 Å². The van der Waals surface area contributed by atoms with Gasteiger partial charge in [0.2, 0.25) is 11.8 Å². The molecule has 2 heterocycles. The van der Waals surface area contributed by atoms with Crippen molar-refractivity contribution in [2.24, 2.45) is 5.92 Å². The molecule has 10 heteroatoms. The maximum atomic E-state index is 14.7. The minimum absolute atomic E-state index is 0.0753. The van der Waals surface area contributed by atoms with E-state index in [0.717, 1.165) is 10.9 Å². The molecule has 0 radical (unpaired) electrons. The van der Waals surface area contributed by atoms with Gasteiger partial charge in [0.15, 0.2) is 0 Å². The number of hydrogen-bond acceptors (Lipinski definition) is 5. The SMILES string of the molecule is CC(C)(C)c1ccc(NC(=O)C(NC(=O)Cn2ncc3ccccc32)C2CCS(O)(O)CC2)cc1F. The lowest BCUT2D eigenvalue weighted by molar-refractivity contribution is -0.128. The Morgan fingerprint density at radius 2 is 1.86 bits per heavy atom. The summed E-state index contributed by atoms with van der Waals surface area (Å²) in [5.41, 5.74) is 1.25. The van der Waals surface area contributed by atoms with E-state index in [-0.39, 0.29) is 29.4 Å². The second-order valence-corrected chi connectivity index (χ2v) is 12.8. The maximum absolute atomic E-state index is 14.7. The van der Waals surface area contributed by atoms with E-state index in [0.29, 0.717) is 24.1 Å². The van der Waals surface area contributed by atoms with Crippen molar-refractivity contribution in [1.82, 2.24) is 15.1 Å². The first-order chi connectivity index (χ1) is 16.9. The van der Waals surface area contributed by atoms with Gasteiger partial charge in [-0.2, -0.15) is 15.7 Å². The van der Waals surface area contributed by atoms with E-state index in [2.05, 4.69) is 15.7 Å². The van der Waals surface area contributed by atoms with Gasteiger partial charge < -0.3 is 10.6 Å². The highest BCUT2D eigenvalue weighted by molar-refractivity contribution is 8.24. The summed E-state index contributed by atoms with van der Waals surface area (Å²) >= 11 is 0. The van der Waals surface area contributed by atoms with Crippen molar-refractivity contribution in [1.29, 1.82) is 0 Å². The molecule has 8 nitrogen and oxygen atoms in total. The van der Waals surface area contributed by atoms with E-state index >= 15 is 0 Å². The average Bonchev–Trinajstić information content (AvgIpc) is 3.19. The number of nitrogens with one attached hydrogen (secondary N) is 2. The molecule has 4 rings (SSSR count). The Kier molecular flexibility index (Phi) is 7.40. The number of halogens is 1. The van der Waals surface area contributed by atoms with Crippen molar-refractivity contribution >= 4 is 39.0 Å². The van der Waals surface area contributed by atoms with E-state index in [9.17, 15) is 23.1 Å². The van der Waals surface area contributed by atoms with E-state index in [1.54, 1.807) is 23.0 Å². The number of fused-ring (bicyclic) bond motifs is 1. The van der Waals surface area contributed by atoms with Crippen molar-refractivity contribution in [3.8, 4) is 0 Å². The molecular weight excluding hydrogens is 483 g/mol. The lowest BCUT2D eigenvalue weighted by atomic mass is 9.86. The van der Waals surface area contributed by atoms with Crippen LogP contribution in [0.1, 0.15) is 39.2 Å². The van der Waals surface area contributed by atoms with Crippen LogP contribution in [0.3, 0.4) is 0 Å². The zero-order valence-electron chi connectivity index (χ0n) is 20.7. The van der Waals surface area contributed by atoms with Gasteiger partial charge in [0.05, 0.1) is 11.7 Å². The number of amides is 2. The number of carbonyl (C=O) groups excluding carboxylic acids is 2. The van der Waals surface area contributed by atoms with Gasteiger partial charge in [-0.15, -0.1) is 0 Å². The summed E-state index contributed by atoms with van der Waals surface area (Å²) < 4.78 is 36.3. The Labute approximate surface area is 211 Å². The normalized spacial score (nSPS) is 17.9. The molecule has 2 amide bonds. The number of para-hydroxylation sites is 1. The molecular formula is C26H33FN4O4S. The molecule has 1 saturated heterocycles. The minimum Gasteiger partial charge on any atom is -0.342 e. The molecule has 0 spiro atoms. The summed E-state index contributed by atoms with van der Waals surface area (Å²) in [6, 6.07) is 11.2. The van der Waals surface area contributed by atoms with Crippen LogP contribution in [0.15, 0.2) is 48.7 Å². The van der Waals surface area contributed by atoms with Crippen LogP contribution >= 0.6 is 10.6 Å². The van der Waals surface area contributed by atoms with Gasteiger partial charge in [0.25, 0.3) is 0 Å². The summed E-state index contributed by atoms with van der Waals surface area (Å²) in [5.74, 6) is -1.22. The molecule has 4 N–H and O–H groups in total. The second kappa shape index (κ2) is 10.2. The number of benzene rings is 2. The van der Waals surface area contributed by atoms with Crippen molar-refractivity contribution in [2.75, 3.05) is 16.8 Å². The molecule has 1 aromatic heterocycles. The van der Waals surface area contributed by atoms with Crippen LogP contribution in [0, 0.1) is 11.7 Å². The lowest BCUT2D eigenvalue weighted by Crippen LogP contribution is -2.50. The first-order valence-corrected chi connectivity index (χ1v) is 13.9. The molecule has 1 aliphatic rings. The van der Waals surface area contributed by atoms with Gasteiger partial charge in [-0.3, -0.25) is 23.4 Å². The summed E-state index contributed by atoms with van der Waals surface area (Å²) in [7, 11) is -2.66. The highest BCUT2D eigenvalue weighted by Gasteiger charge is 2.35. The van der Waals surface area contributed by atoms with Crippen LogP contribution in [0.4, 0.5) is 10.1 Å². The standard InChI is InChI=1S/C26H33FN4O4S/c1-26(2,3)20-9-8-19(14-21(20)27)29-25(33)24(17-10-12-36(34,35)13-11-17)30-23(32)16-31-22-7-5-4-6-18(22)15-28-31/h4-9,14-15,17,24,34-35H,10-13,16H2,1-3H3,(H,29,33)(H,30,32). The molecule has 0 saturated carbocycles. The van der Waals surface area contributed by atoms with Gasteiger partial charge in [0, 0.05) is 22.6 Å². The first-order valence-electron chi connectivity index (χ1n) is 12.0. The second-order valence-electron chi connectivity index (χ2n) is 10.4. The summed E-state index contributed by atoms with van der Waals surface area (Å²) in [6.45, 7) is 5.65. The Hall–Kier alpha value is -2.95. The number of aromatic nitrogens is 2. The molecule has 1 atom stereocenters. The molecule has 36 heavy (non-hydrogen) atoms. The number of rotatable bonds is 6. The highest BCUT2D eigenvalue weighted by Crippen LogP contribution is 2.46. The van der Waals surface area contributed by atoms with Gasteiger partial charge in [-0.25, -0.2) is 4.39 Å². The number of hydrogen-bond donors (Lipinski definition) is 4. The Bertz CT molecular complexity index is 1260. The Balaban J connectivity index is 1.51. The van der Waals surface area contributed by atoms with Gasteiger partial charge in [0.1, 0.15) is 18.4 Å². The largest absolute Gasteiger partial charge is 0.342 e. The van der Waals surface area contributed by atoms with Crippen LogP contribution in [0.2, 0.25) is 0 Å². The van der Waals surface area contributed by atoms with Crippen molar-refractivity contribution in [3.63, 3.8) is 0 Å². The minimum atomic E-state index is -2.66. The maximum Gasteiger partial charge on any atom is 0.247 e. The smallest absolute Gasteiger partial charge is 0.247 e. The van der Waals surface area contributed by atoms with Crippen LogP contribution in [-0.2, 0) is 21.5 Å². The first kappa shape index (κ1) is 26.1. The third-order valence-electron chi connectivity index (χ3n) is 6.59. The quantitative estimate of drug-likeness (QED) is 0.377. The third-order valence-corrected chi connectivity index (χ3v) is 8.37. The van der Waals surface area contributed by atoms with E-state index in [4.69, 9.17) is 0 Å². The lowest BCUT2D eigenvalue weighted by Gasteiger charge is -2.41. The van der Waals surface area contributed by atoms with E-state index < -0.39 is 34.3 Å². The summed E-state index contributed by atoms with van der Waals surface area (Å²) in [6.07, 6.45) is 2.43. The molecule has 1 aliphatic heterocycles. The van der Waals surface area contributed by atoms with Crippen LogP contribution in [0.25, 0.3) is 10.9 Å². The summed E-state index contributed by atoms with van der Waals surface area (Å²) in [5, 5.41) is 10.7. The fourth-order valence-corrected chi connectivity index (χ4v) is 6.15. The number of carbonyl (C=O) groups is 2. The topological polar surface area (TPSA) is 116 Å². The zero-order valence-corrected chi connectivity index (χ0v) is 21.5. The zero-order chi connectivity index (χ0) is 26.1. The van der Waals surface area contributed by atoms with Gasteiger partial charge >= 0.3 is 0 Å². The predicted molar refractivity (Wildman–Crippen MR) is 141 cm³/mol. The highest BCUT2D eigenvalue weighted by atomic mass is 32.3. The molecule has 3 aromatic rings. The van der Waals surface area contributed by atoms with Crippen molar-refractivity contribution in [2.45, 2.75) is 51.6 Å². The van der Waals surface area contributed by atoms with Crippen LogP contribution in [-0.4, -0.2) is 48.2 Å². The average molecular weight is 517 g/mol. The Morgan fingerprint density at radius 1 is 1.17 bits per heavy atom. The Morgan fingerprint density at radius 3 is 2.53 bits per heavy atom. The molecule has 2 aromatic carbocycles. The monoisotopic (exact) mass is 516 g/mol. The van der Waals surface area contributed by atoms with Gasteiger partial charge in [-0.05, 0) is 47.9 Å². The summed E-state index contributed by atoms with van der Waals surface area (Å²) in [4.78, 5) is 26.3. The molecule has 0 bridgehead atoms. The molecule has 1 fully saturated rings. The molecule has 194 valence electrons. The van der Waals surface area contributed by atoms with Gasteiger partial charge in [-0.1, -0.05) is 45.0 Å². The van der Waals surface area contributed by atoms with Crippen LogP contribution < -0.4 is 10.6 Å². The third kappa shape index (κ3) is 6.05. The fourth-order valence-electron chi connectivity index (χ4n) is 4.59. The fraction of sp³-hybridized carbons (Fsp3) is 0.423. The van der Waals surface area contributed by atoms with E-state index in [1.165, 1.54) is 6.07 Å². The molecule has 1 unspecified atom stereocenters. The number of anilines is 1. The predicted octanol–water partition coefficient (Wildman–Crippen LogP) is 4.76. The number of nitrogens with zero attached hydrogens (tertiary/aromatic N) is 2. The van der Waals surface area contributed by atoms with Crippen molar-refractivity contribution < 1.29 is 23.1 Å². The molecule has 0 aliphatic carbocycles. The van der Waals surface area contributed by atoms with Crippen molar-refractivity contribution in [3.05, 3.63) is 60.0 Å². The van der Waals surface area contributed by atoms with Crippen LogP contribution in [0.5, 0.6) is 0 Å².